The van der Waals surface area contributed by atoms with Crippen LogP contribution < -0.4 is 5.32 Å². The van der Waals surface area contributed by atoms with Gasteiger partial charge in [0.15, 0.2) is 0 Å². The van der Waals surface area contributed by atoms with E-state index in [4.69, 9.17) is 4.74 Å². The lowest BCUT2D eigenvalue weighted by molar-refractivity contribution is -0.0712. The van der Waals surface area contributed by atoms with Crippen LogP contribution in [0.2, 0.25) is 0 Å². The molecule has 4 rings (SSSR count). The van der Waals surface area contributed by atoms with E-state index in [9.17, 15) is 0 Å². The number of aromatic nitrogens is 1. The van der Waals surface area contributed by atoms with Crippen LogP contribution in [0.5, 0.6) is 0 Å². The molecular formula is C19H25BrN4O. The number of nitrogens with zero attached hydrogens (tertiary/aromatic N) is 3. The maximum atomic E-state index is 5.32. The van der Waals surface area contributed by atoms with Gasteiger partial charge in [0, 0.05) is 29.6 Å². The van der Waals surface area contributed by atoms with Gasteiger partial charge in [-0.2, -0.15) is 0 Å². The van der Waals surface area contributed by atoms with Gasteiger partial charge < -0.3 is 15.0 Å². The van der Waals surface area contributed by atoms with E-state index < -0.39 is 0 Å². The second-order valence-electron chi connectivity index (χ2n) is 7.20. The summed E-state index contributed by atoms with van der Waals surface area (Å²) < 4.78 is 6.39. The normalized spacial score (nSPS) is 23.0. The van der Waals surface area contributed by atoms with Crippen molar-refractivity contribution in [2.45, 2.75) is 24.8 Å². The molecule has 0 atom stereocenters. The number of piperidine rings is 1. The highest BCUT2D eigenvalue weighted by Gasteiger charge is 2.30. The molecule has 0 bridgehead atoms. The van der Waals surface area contributed by atoms with Gasteiger partial charge >= 0.3 is 0 Å². The van der Waals surface area contributed by atoms with Crippen LogP contribution in [0.15, 0.2) is 40.8 Å². The van der Waals surface area contributed by atoms with Gasteiger partial charge in [0.1, 0.15) is 5.82 Å². The molecule has 5 nitrogen and oxygen atoms in total. The Morgan fingerprint density at radius 3 is 2.64 bits per heavy atom. The van der Waals surface area contributed by atoms with Crippen LogP contribution in [0.4, 0.5) is 5.82 Å². The first kappa shape index (κ1) is 17.1. The number of likely N-dealkylation sites (tertiary alicyclic amines) is 1. The summed E-state index contributed by atoms with van der Waals surface area (Å²) in [5.74, 6) is 1.55. The molecule has 0 spiro atoms. The van der Waals surface area contributed by atoms with Crippen LogP contribution >= 0.6 is 15.9 Å². The van der Waals surface area contributed by atoms with Gasteiger partial charge in [-0.15, -0.1) is 0 Å². The van der Waals surface area contributed by atoms with E-state index >= 15 is 0 Å². The minimum Gasteiger partial charge on any atom is -0.378 e. The summed E-state index contributed by atoms with van der Waals surface area (Å²) in [5.41, 5.74) is 2.51. The monoisotopic (exact) mass is 404 g/mol. The summed E-state index contributed by atoms with van der Waals surface area (Å²) in [6, 6.07) is 5.01. The molecule has 0 saturated carbocycles. The van der Waals surface area contributed by atoms with Gasteiger partial charge in [0.2, 0.25) is 0 Å². The molecule has 3 aliphatic rings. The molecule has 2 fully saturated rings. The number of hydrogen-bond donors (Lipinski definition) is 1. The predicted octanol–water partition coefficient (Wildman–Crippen LogP) is 3.14. The number of rotatable bonds is 4. The number of hydrogen-bond acceptors (Lipinski definition) is 5. The first-order chi connectivity index (χ1) is 12.2. The third-order valence-electron chi connectivity index (χ3n) is 5.29. The zero-order valence-corrected chi connectivity index (χ0v) is 16.2. The molecule has 1 aromatic rings. The van der Waals surface area contributed by atoms with E-state index in [2.05, 4.69) is 67.5 Å². The van der Waals surface area contributed by atoms with Crippen LogP contribution in [0.1, 0.15) is 24.3 Å². The quantitative estimate of drug-likeness (QED) is 0.834. The Balaban J connectivity index is 1.34. The summed E-state index contributed by atoms with van der Waals surface area (Å²) in [5, 5.41) is 3.42. The van der Waals surface area contributed by atoms with E-state index in [0.717, 1.165) is 35.8 Å². The topological polar surface area (TPSA) is 40.6 Å². The number of likely N-dealkylation sites (N-methyl/N-ethyl adjacent to an activating group) is 1. The van der Waals surface area contributed by atoms with Crippen molar-refractivity contribution < 1.29 is 4.74 Å². The van der Waals surface area contributed by atoms with Crippen molar-refractivity contribution in [3.8, 4) is 0 Å². The smallest absolute Gasteiger partial charge is 0.130 e. The lowest BCUT2D eigenvalue weighted by Gasteiger charge is -2.41. The van der Waals surface area contributed by atoms with Crippen molar-refractivity contribution >= 4 is 21.7 Å². The molecule has 134 valence electrons. The molecule has 25 heavy (non-hydrogen) atoms. The Labute approximate surface area is 157 Å². The molecule has 0 unspecified atom stereocenters. The summed E-state index contributed by atoms with van der Waals surface area (Å²) in [6.07, 6.45) is 8.67. The van der Waals surface area contributed by atoms with Gasteiger partial charge in [-0.1, -0.05) is 6.07 Å². The van der Waals surface area contributed by atoms with Crippen molar-refractivity contribution in [1.82, 2.24) is 14.8 Å². The third-order valence-corrected chi connectivity index (χ3v) is 5.72. The molecular weight excluding hydrogens is 380 g/mol. The number of pyridine rings is 1. The largest absolute Gasteiger partial charge is 0.378 e. The molecule has 4 heterocycles. The molecule has 6 heteroatoms. The van der Waals surface area contributed by atoms with Gasteiger partial charge in [-0.3, -0.25) is 4.90 Å². The predicted molar refractivity (Wildman–Crippen MR) is 104 cm³/mol. The SMILES string of the molecule is CN1C=C(Br)C=C(Nc2ccc(C3CCN(C4COC4)CC3)cn2)C1. The van der Waals surface area contributed by atoms with E-state index in [1.54, 1.807) is 0 Å². The summed E-state index contributed by atoms with van der Waals surface area (Å²) >= 11 is 3.54. The van der Waals surface area contributed by atoms with Crippen LogP contribution in [0.25, 0.3) is 0 Å². The Morgan fingerprint density at radius 1 is 1.24 bits per heavy atom. The summed E-state index contributed by atoms with van der Waals surface area (Å²) in [4.78, 5) is 9.37. The minimum atomic E-state index is 0.635. The number of allylic oxidation sites excluding steroid dienone is 2. The highest BCUT2D eigenvalue weighted by Crippen LogP contribution is 2.30. The molecule has 3 aliphatic heterocycles. The summed E-state index contributed by atoms with van der Waals surface area (Å²) in [7, 11) is 2.06. The number of halogens is 1. The van der Waals surface area contributed by atoms with E-state index in [1.807, 2.05) is 6.20 Å². The molecule has 1 N–H and O–H groups in total. The van der Waals surface area contributed by atoms with E-state index in [-0.39, 0.29) is 0 Å². The Kier molecular flexibility index (Phi) is 5.10. The van der Waals surface area contributed by atoms with Crippen LogP contribution in [-0.4, -0.2) is 60.7 Å². The minimum absolute atomic E-state index is 0.635. The molecule has 0 radical (unpaired) electrons. The standard InChI is InChI=1S/C19H25BrN4O/c1-23-10-16(20)8-17(11-23)22-19-3-2-15(9-21-19)14-4-6-24(7-5-14)18-12-25-13-18/h2-3,8-10,14,18H,4-7,11-13H2,1H3,(H,21,22). The van der Waals surface area contributed by atoms with Crippen molar-refractivity contribution in [2.24, 2.45) is 0 Å². The molecule has 1 aromatic heterocycles. The molecule has 2 saturated heterocycles. The van der Waals surface area contributed by atoms with Crippen LogP contribution in [0.3, 0.4) is 0 Å². The van der Waals surface area contributed by atoms with Crippen LogP contribution in [-0.2, 0) is 4.74 Å². The van der Waals surface area contributed by atoms with Crippen molar-refractivity contribution in [3.63, 3.8) is 0 Å². The van der Waals surface area contributed by atoms with E-state index in [1.165, 1.54) is 31.5 Å². The molecule has 0 amide bonds. The maximum absolute atomic E-state index is 5.32. The molecule has 0 aromatic carbocycles. The van der Waals surface area contributed by atoms with Gasteiger partial charge in [-0.05, 0) is 65.5 Å². The van der Waals surface area contributed by atoms with Crippen molar-refractivity contribution in [1.29, 1.82) is 0 Å². The Hall–Kier alpha value is -1.37. The second kappa shape index (κ2) is 7.48. The fourth-order valence-electron chi connectivity index (χ4n) is 3.77. The number of ether oxygens (including phenoxy) is 1. The average Bonchev–Trinajstić information content (AvgIpc) is 2.54. The fraction of sp³-hybridized carbons (Fsp3) is 0.526. The number of nitrogens with one attached hydrogen (secondary N) is 1. The number of anilines is 1. The molecule has 0 aliphatic carbocycles. The average molecular weight is 405 g/mol. The Bertz CT molecular complexity index is 661. The second-order valence-corrected chi connectivity index (χ2v) is 8.12. The zero-order chi connectivity index (χ0) is 17.2. The van der Waals surface area contributed by atoms with Gasteiger partial charge in [0.05, 0.1) is 25.8 Å². The lowest BCUT2D eigenvalue weighted by Crippen LogP contribution is -2.51. The Morgan fingerprint density at radius 2 is 2.04 bits per heavy atom. The highest BCUT2D eigenvalue weighted by molar-refractivity contribution is 9.11. The van der Waals surface area contributed by atoms with Crippen molar-refractivity contribution in [2.75, 3.05) is 45.2 Å². The zero-order valence-electron chi connectivity index (χ0n) is 14.6. The lowest BCUT2D eigenvalue weighted by atomic mass is 9.89. The fourth-order valence-corrected chi connectivity index (χ4v) is 4.39. The van der Waals surface area contributed by atoms with Gasteiger partial charge in [-0.25, -0.2) is 4.98 Å². The van der Waals surface area contributed by atoms with E-state index in [0.29, 0.717) is 12.0 Å². The maximum Gasteiger partial charge on any atom is 0.130 e. The first-order valence-electron chi connectivity index (χ1n) is 9.00. The van der Waals surface area contributed by atoms with Gasteiger partial charge in [0.25, 0.3) is 0 Å². The first-order valence-corrected chi connectivity index (χ1v) is 9.79. The highest BCUT2D eigenvalue weighted by atomic mass is 79.9. The van der Waals surface area contributed by atoms with Crippen molar-refractivity contribution in [3.05, 3.63) is 46.3 Å². The van der Waals surface area contributed by atoms with Crippen LogP contribution in [0, 0.1) is 0 Å². The summed E-state index contributed by atoms with van der Waals surface area (Å²) in [6.45, 7) is 5.06. The third kappa shape index (κ3) is 4.07.